The van der Waals surface area contributed by atoms with Crippen molar-refractivity contribution in [2.45, 2.75) is 38.6 Å². The lowest BCUT2D eigenvalue weighted by atomic mass is 9.87. The number of hydrogen-bond donors (Lipinski definition) is 1. The van der Waals surface area contributed by atoms with E-state index < -0.39 is 0 Å². The van der Waals surface area contributed by atoms with Crippen molar-refractivity contribution in [3.8, 4) is 0 Å². The van der Waals surface area contributed by atoms with Crippen molar-refractivity contribution in [2.24, 2.45) is 5.92 Å². The quantitative estimate of drug-likeness (QED) is 0.869. The molecular weight excluding hydrogens is 210 g/mol. The molecule has 0 amide bonds. The summed E-state index contributed by atoms with van der Waals surface area (Å²) in [4.78, 5) is 6.49. The molecule has 0 saturated heterocycles. The van der Waals surface area contributed by atoms with E-state index in [2.05, 4.69) is 28.2 Å². The summed E-state index contributed by atoms with van der Waals surface area (Å²) in [5.74, 6) is 1.88. The Morgan fingerprint density at radius 2 is 2.18 bits per heavy atom. The molecule has 2 unspecified atom stereocenters. The second kappa shape index (κ2) is 5.39. The highest BCUT2D eigenvalue weighted by atomic mass is 15.2. The zero-order valence-corrected chi connectivity index (χ0v) is 11.1. The van der Waals surface area contributed by atoms with Crippen LogP contribution in [0.5, 0.6) is 0 Å². The molecular formula is C14H23N3. The van der Waals surface area contributed by atoms with Crippen LogP contribution in [0.25, 0.3) is 0 Å². The van der Waals surface area contributed by atoms with Gasteiger partial charge in [0.1, 0.15) is 0 Å². The standard InChI is InChI=1S/C14H23N3/c1-11-6-4-7-12(10-11)16-13-8-5-9-15-14(13)17(2)3/h5,8-9,11-12,16H,4,6-7,10H2,1-3H3. The molecule has 1 aliphatic rings. The molecule has 0 aromatic carbocycles. The van der Waals surface area contributed by atoms with Gasteiger partial charge in [-0.1, -0.05) is 19.8 Å². The van der Waals surface area contributed by atoms with Gasteiger partial charge < -0.3 is 10.2 Å². The van der Waals surface area contributed by atoms with Crippen molar-refractivity contribution in [1.82, 2.24) is 4.98 Å². The van der Waals surface area contributed by atoms with E-state index in [-0.39, 0.29) is 0 Å². The maximum absolute atomic E-state index is 4.43. The average Bonchev–Trinajstić information content (AvgIpc) is 2.29. The molecule has 0 spiro atoms. The van der Waals surface area contributed by atoms with Crippen LogP contribution >= 0.6 is 0 Å². The largest absolute Gasteiger partial charge is 0.379 e. The summed E-state index contributed by atoms with van der Waals surface area (Å²) in [5.41, 5.74) is 1.16. The van der Waals surface area contributed by atoms with Crippen LogP contribution in [0, 0.1) is 5.92 Å². The second-order valence-corrected chi connectivity index (χ2v) is 5.38. The topological polar surface area (TPSA) is 28.2 Å². The number of nitrogens with one attached hydrogen (secondary N) is 1. The van der Waals surface area contributed by atoms with Gasteiger partial charge in [-0.25, -0.2) is 4.98 Å². The van der Waals surface area contributed by atoms with E-state index in [1.165, 1.54) is 25.7 Å². The fraction of sp³-hybridized carbons (Fsp3) is 0.643. The van der Waals surface area contributed by atoms with Gasteiger partial charge in [0.05, 0.1) is 5.69 Å². The van der Waals surface area contributed by atoms with E-state index in [1.807, 2.05) is 26.4 Å². The van der Waals surface area contributed by atoms with E-state index >= 15 is 0 Å². The van der Waals surface area contributed by atoms with Crippen molar-refractivity contribution < 1.29 is 0 Å². The molecule has 1 aromatic rings. The Morgan fingerprint density at radius 1 is 1.35 bits per heavy atom. The van der Waals surface area contributed by atoms with E-state index in [9.17, 15) is 0 Å². The molecule has 1 N–H and O–H groups in total. The number of pyridine rings is 1. The lowest BCUT2D eigenvalue weighted by Crippen LogP contribution is -2.27. The van der Waals surface area contributed by atoms with Crippen LogP contribution in [0.2, 0.25) is 0 Å². The van der Waals surface area contributed by atoms with Crippen LogP contribution in [0.15, 0.2) is 18.3 Å². The van der Waals surface area contributed by atoms with Crippen molar-refractivity contribution in [1.29, 1.82) is 0 Å². The molecule has 3 nitrogen and oxygen atoms in total. The first-order valence-electron chi connectivity index (χ1n) is 6.55. The second-order valence-electron chi connectivity index (χ2n) is 5.38. The van der Waals surface area contributed by atoms with Crippen LogP contribution in [0.1, 0.15) is 32.6 Å². The molecule has 0 radical (unpaired) electrons. The third-order valence-electron chi connectivity index (χ3n) is 3.51. The predicted molar refractivity (Wildman–Crippen MR) is 73.6 cm³/mol. The highest BCUT2D eigenvalue weighted by Crippen LogP contribution is 2.28. The van der Waals surface area contributed by atoms with E-state index in [4.69, 9.17) is 0 Å². The van der Waals surface area contributed by atoms with Crippen LogP contribution in [0.4, 0.5) is 11.5 Å². The fourth-order valence-electron chi connectivity index (χ4n) is 2.65. The molecule has 17 heavy (non-hydrogen) atoms. The Bertz CT molecular complexity index is 362. The van der Waals surface area contributed by atoms with E-state index in [0.29, 0.717) is 6.04 Å². The number of aromatic nitrogens is 1. The van der Waals surface area contributed by atoms with Crippen molar-refractivity contribution >= 4 is 11.5 Å². The monoisotopic (exact) mass is 233 g/mol. The Morgan fingerprint density at radius 3 is 2.88 bits per heavy atom. The first-order valence-corrected chi connectivity index (χ1v) is 6.55. The van der Waals surface area contributed by atoms with Gasteiger partial charge in [-0.05, 0) is 30.9 Å². The molecule has 0 bridgehead atoms. The molecule has 1 heterocycles. The summed E-state index contributed by atoms with van der Waals surface area (Å²) in [6.07, 6.45) is 7.14. The Labute approximate surface area is 104 Å². The van der Waals surface area contributed by atoms with Crippen molar-refractivity contribution in [2.75, 3.05) is 24.3 Å². The molecule has 1 fully saturated rings. The third kappa shape index (κ3) is 3.11. The lowest BCUT2D eigenvalue weighted by Gasteiger charge is -2.29. The zero-order valence-electron chi connectivity index (χ0n) is 11.1. The highest BCUT2D eigenvalue weighted by molar-refractivity contribution is 5.65. The van der Waals surface area contributed by atoms with Crippen LogP contribution in [0.3, 0.4) is 0 Å². The lowest BCUT2D eigenvalue weighted by molar-refractivity contribution is 0.358. The molecule has 0 aliphatic heterocycles. The van der Waals surface area contributed by atoms with Gasteiger partial charge in [0.15, 0.2) is 5.82 Å². The third-order valence-corrected chi connectivity index (χ3v) is 3.51. The fourth-order valence-corrected chi connectivity index (χ4v) is 2.65. The molecule has 3 heteroatoms. The minimum absolute atomic E-state index is 0.613. The smallest absolute Gasteiger partial charge is 0.151 e. The summed E-state index contributed by atoms with van der Waals surface area (Å²) in [5, 5.41) is 3.66. The number of rotatable bonds is 3. The van der Waals surface area contributed by atoms with Crippen molar-refractivity contribution in [3.63, 3.8) is 0 Å². The van der Waals surface area contributed by atoms with E-state index in [0.717, 1.165) is 17.4 Å². The predicted octanol–water partition coefficient (Wildman–Crippen LogP) is 3.14. The van der Waals surface area contributed by atoms with Gasteiger partial charge in [0.2, 0.25) is 0 Å². The van der Waals surface area contributed by atoms with Crippen molar-refractivity contribution in [3.05, 3.63) is 18.3 Å². The number of nitrogens with zero attached hydrogens (tertiary/aromatic N) is 2. The van der Waals surface area contributed by atoms with Crippen LogP contribution in [-0.2, 0) is 0 Å². The normalized spacial score (nSPS) is 24.4. The molecule has 1 saturated carbocycles. The first kappa shape index (κ1) is 12.2. The Balaban J connectivity index is 2.07. The van der Waals surface area contributed by atoms with Gasteiger partial charge in [0, 0.05) is 26.3 Å². The van der Waals surface area contributed by atoms with Gasteiger partial charge in [-0.15, -0.1) is 0 Å². The van der Waals surface area contributed by atoms with Gasteiger partial charge >= 0.3 is 0 Å². The summed E-state index contributed by atoms with van der Waals surface area (Å²) in [6, 6.07) is 4.74. The molecule has 2 atom stereocenters. The maximum Gasteiger partial charge on any atom is 0.151 e. The number of hydrogen-bond acceptors (Lipinski definition) is 3. The summed E-state index contributed by atoms with van der Waals surface area (Å²) >= 11 is 0. The van der Waals surface area contributed by atoms with E-state index in [1.54, 1.807) is 0 Å². The first-order chi connectivity index (χ1) is 8.16. The molecule has 1 aliphatic carbocycles. The van der Waals surface area contributed by atoms with Gasteiger partial charge in [-0.3, -0.25) is 0 Å². The molecule has 2 rings (SSSR count). The van der Waals surface area contributed by atoms with Crippen LogP contribution in [-0.4, -0.2) is 25.1 Å². The van der Waals surface area contributed by atoms with Gasteiger partial charge in [0.25, 0.3) is 0 Å². The molecule has 1 aromatic heterocycles. The van der Waals surface area contributed by atoms with Gasteiger partial charge in [-0.2, -0.15) is 0 Å². The maximum atomic E-state index is 4.43. The Hall–Kier alpha value is -1.25. The summed E-state index contributed by atoms with van der Waals surface area (Å²) in [7, 11) is 4.08. The summed E-state index contributed by atoms with van der Waals surface area (Å²) < 4.78 is 0. The minimum atomic E-state index is 0.613. The Kier molecular flexibility index (Phi) is 3.87. The summed E-state index contributed by atoms with van der Waals surface area (Å²) in [6.45, 7) is 2.35. The highest BCUT2D eigenvalue weighted by Gasteiger charge is 2.19. The number of anilines is 2. The van der Waals surface area contributed by atoms with Crippen LogP contribution < -0.4 is 10.2 Å². The SMILES string of the molecule is CC1CCCC(Nc2cccnc2N(C)C)C1. The average molecular weight is 233 g/mol. The zero-order chi connectivity index (χ0) is 12.3. The minimum Gasteiger partial charge on any atom is -0.379 e. The molecule has 94 valence electrons.